The van der Waals surface area contributed by atoms with E-state index in [1.165, 1.54) is 0 Å². The average molecular weight is 189 g/mol. The topological polar surface area (TPSA) is 23.8 Å². The van der Waals surface area contributed by atoms with Crippen molar-refractivity contribution < 1.29 is 0 Å². The number of halogens is 2. The second kappa shape index (κ2) is 3.96. The van der Waals surface area contributed by atoms with Crippen molar-refractivity contribution in [2.45, 2.75) is 6.42 Å². The molecular weight excluding hydrogens is 181 g/mol. The van der Waals surface area contributed by atoms with Gasteiger partial charge in [0, 0.05) is 6.54 Å². The maximum atomic E-state index is 6.99. The SMILES string of the molecule is [NH]CCc1ccc(Cl)c(Cl)c1. The summed E-state index contributed by atoms with van der Waals surface area (Å²) >= 11 is 11.5. The monoisotopic (exact) mass is 188 g/mol. The number of hydrogen-bond donors (Lipinski definition) is 0. The third kappa shape index (κ3) is 2.37. The molecule has 0 heterocycles. The van der Waals surface area contributed by atoms with E-state index in [2.05, 4.69) is 0 Å². The van der Waals surface area contributed by atoms with Gasteiger partial charge in [0.15, 0.2) is 0 Å². The van der Waals surface area contributed by atoms with E-state index >= 15 is 0 Å². The lowest BCUT2D eigenvalue weighted by molar-refractivity contribution is 0.941. The van der Waals surface area contributed by atoms with Gasteiger partial charge in [0.2, 0.25) is 0 Å². The molecule has 0 aliphatic heterocycles. The lowest BCUT2D eigenvalue weighted by Crippen LogP contribution is -1.91. The van der Waals surface area contributed by atoms with Crippen molar-refractivity contribution in [3.63, 3.8) is 0 Å². The Morgan fingerprint density at radius 2 is 1.91 bits per heavy atom. The highest BCUT2D eigenvalue weighted by atomic mass is 35.5. The van der Waals surface area contributed by atoms with Crippen molar-refractivity contribution in [1.82, 2.24) is 5.73 Å². The summed E-state index contributed by atoms with van der Waals surface area (Å²) in [6, 6.07) is 5.45. The van der Waals surface area contributed by atoms with Crippen LogP contribution < -0.4 is 5.73 Å². The largest absolute Gasteiger partial charge is 0.258 e. The average Bonchev–Trinajstić information content (AvgIpc) is 1.98. The Hall–Kier alpha value is -0.240. The van der Waals surface area contributed by atoms with Gasteiger partial charge in [-0.15, -0.1) is 0 Å². The van der Waals surface area contributed by atoms with Crippen LogP contribution in [0.4, 0.5) is 0 Å². The zero-order chi connectivity index (χ0) is 8.27. The van der Waals surface area contributed by atoms with Crippen molar-refractivity contribution >= 4 is 23.2 Å². The summed E-state index contributed by atoms with van der Waals surface area (Å²) < 4.78 is 0. The minimum atomic E-state index is 0.387. The first-order chi connectivity index (χ1) is 5.24. The summed E-state index contributed by atoms with van der Waals surface area (Å²) in [5, 5.41) is 1.14. The van der Waals surface area contributed by atoms with Crippen molar-refractivity contribution in [1.29, 1.82) is 0 Å². The third-order valence-electron chi connectivity index (χ3n) is 1.40. The number of benzene rings is 1. The molecule has 0 bridgehead atoms. The Bertz CT molecular complexity index is 248. The number of hydrogen-bond acceptors (Lipinski definition) is 0. The fourth-order valence-corrected chi connectivity index (χ4v) is 1.16. The van der Waals surface area contributed by atoms with Crippen molar-refractivity contribution in [2.75, 3.05) is 6.54 Å². The van der Waals surface area contributed by atoms with Crippen molar-refractivity contribution in [3.8, 4) is 0 Å². The Morgan fingerprint density at radius 3 is 2.45 bits per heavy atom. The Balaban J connectivity index is 2.86. The molecule has 1 rings (SSSR count). The summed E-state index contributed by atoms with van der Waals surface area (Å²) in [4.78, 5) is 0. The second-order valence-electron chi connectivity index (χ2n) is 2.25. The summed E-state index contributed by atoms with van der Waals surface area (Å²) in [7, 11) is 0. The minimum absolute atomic E-state index is 0.387. The maximum absolute atomic E-state index is 6.99. The van der Waals surface area contributed by atoms with E-state index in [0.29, 0.717) is 16.6 Å². The predicted molar refractivity (Wildman–Crippen MR) is 48.1 cm³/mol. The molecule has 1 N–H and O–H groups in total. The number of nitrogens with one attached hydrogen (secondary N) is 1. The van der Waals surface area contributed by atoms with Crippen LogP contribution in [0.3, 0.4) is 0 Å². The van der Waals surface area contributed by atoms with Crippen LogP contribution in [0.25, 0.3) is 0 Å². The van der Waals surface area contributed by atoms with E-state index in [0.717, 1.165) is 12.0 Å². The van der Waals surface area contributed by atoms with E-state index in [-0.39, 0.29) is 0 Å². The maximum Gasteiger partial charge on any atom is 0.0595 e. The fraction of sp³-hybridized carbons (Fsp3) is 0.250. The zero-order valence-corrected chi connectivity index (χ0v) is 7.41. The van der Waals surface area contributed by atoms with E-state index in [1.807, 2.05) is 6.07 Å². The van der Waals surface area contributed by atoms with Gasteiger partial charge in [0.25, 0.3) is 0 Å². The van der Waals surface area contributed by atoms with Gasteiger partial charge in [-0.25, -0.2) is 0 Å². The van der Waals surface area contributed by atoms with E-state index in [9.17, 15) is 0 Å². The van der Waals surface area contributed by atoms with Gasteiger partial charge in [0.1, 0.15) is 0 Å². The van der Waals surface area contributed by atoms with Gasteiger partial charge in [-0.3, -0.25) is 5.73 Å². The Morgan fingerprint density at radius 1 is 1.18 bits per heavy atom. The Kier molecular flexibility index (Phi) is 3.18. The Labute approximate surface area is 76.1 Å². The molecule has 0 atom stereocenters. The first kappa shape index (κ1) is 8.85. The van der Waals surface area contributed by atoms with Crippen LogP contribution in [0.1, 0.15) is 5.56 Å². The molecule has 0 aliphatic rings. The van der Waals surface area contributed by atoms with E-state index < -0.39 is 0 Å². The van der Waals surface area contributed by atoms with Crippen LogP contribution in [0.5, 0.6) is 0 Å². The van der Waals surface area contributed by atoms with Gasteiger partial charge in [-0.05, 0) is 24.1 Å². The molecule has 1 aromatic rings. The zero-order valence-electron chi connectivity index (χ0n) is 5.90. The molecule has 1 radical (unpaired) electrons. The van der Waals surface area contributed by atoms with E-state index in [1.54, 1.807) is 12.1 Å². The fourth-order valence-electron chi connectivity index (χ4n) is 0.839. The van der Waals surface area contributed by atoms with Crippen molar-refractivity contribution in [3.05, 3.63) is 33.8 Å². The highest BCUT2D eigenvalue weighted by molar-refractivity contribution is 6.41. The van der Waals surface area contributed by atoms with E-state index in [4.69, 9.17) is 28.9 Å². The van der Waals surface area contributed by atoms with Crippen LogP contribution in [-0.2, 0) is 6.42 Å². The van der Waals surface area contributed by atoms with Gasteiger partial charge in [-0.2, -0.15) is 0 Å². The van der Waals surface area contributed by atoms with Crippen LogP contribution in [-0.4, -0.2) is 6.54 Å². The molecule has 0 spiro atoms. The molecular formula is C8H8Cl2N. The molecule has 0 amide bonds. The third-order valence-corrected chi connectivity index (χ3v) is 2.14. The van der Waals surface area contributed by atoms with Gasteiger partial charge >= 0.3 is 0 Å². The summed E-state index contributed by atoms with van der Waals surface area (Å²) in [6.45, 7) is 0.387. The molecule has 0 fully saturated rings. The van der Waals surface area contributed by atoms with Crippen LogP contribution in [0.2, 0.25) is 10.0 Å². The molecule has 59 valence electrons. The molecule has 3 heteroatoms. The molecule has 0 saturated heterocycles. The summed E-state index contributed by atoms with van der Waals surface area (Å²) in [5.74, 6) is 0. The molecule has 11 heavy (non-hydrogen) atoms. The quantitative estimate of drug-likeness (QED) is 0.683. The van der Waals surface area contributed by atoms with Gasteiger partial charge < -0.3 is 0 Å². The molecule has 0 aliphatic carbocycles. The second-order valence-corrected chi connectivity index (χ2v) is 3.06. The highest BCUT2D eigenvalue weighted by Gasteiger charge is 1.97. The van der Waals surface area contributed by atoms with Crippen molar-refractivity contribution in [2.24, 2.45) is 0 Å². The highest BCUT2D eigenvalue weighted by Crippen LogP contribution is 2.22. The molecule has 0 saturated carbocycles. The molecule has 0 unspecified atom stereocenters. The van der Waals surface area contributed by atoms with Crippen LogP contribution in [0.15, 0.2) is 18.2 Å². The van der Waals surface area contributed by atoms with Crippen LogP contribution >= 0.6 is 23.2 Å². The lowest BCUT2D eigenvalue weighted by Gasteiger charge is -1.99. The normalized spacial score (nSPS) is 10.1. The van der Waals surface area contributed by atoms with Gasteiger partial charge in [-0.1, -0.05) is 29.3 Å². The first-order valence-corrected chi connectivity index (χ1v) is 4.08. The lowest BCUT2D eigenvalue weighted by atomic mass is 10.1. The molecule has 0 aromatic heterocycles. The number of rotatable bonds is 2. The van der Waals surface area contributed by atoms with Gasteiger partial charge in [0.05, 0.1) is 10.0 Å². The smallest absolute Gasteiger partial charge is 0.0595 e. The molecule has 1 aromatic carbocycles. The summed E-state index contributed by atoms with van der Waals surface area (Å²) in [5.41, 5.74) is 8.05. The molecule has 1 nitrogen and oxygen atoms in total. The minimum Gasteiger partial charge on any atom is -0.258 e. The standard InChI is InChI=1S/C8H8Cl2N/c9-7-2-1-6(3-4-11)5-8(7)10/h1-2,5,11H,3-4H2. The predicted octanol–water partition coefficient (Wildman–Crippen LogP) is 2.82. The summed E-state index contributed by atoms with van der Waals surface area (Å²) in [6.07, 6.45) is 0.733. The first-order valence-electron chi connectivity index (χ1n) is 3.32. The van der Waals surface area contributed by atoms with Crippen LogP contribution in [0, 0.1) is 0 Å².